The Kier molecular flexibility index (Phi) is 3.68. The minimum absolute atomic E-state index is 0.716. The van der Waals surface area contributed by atoms with Crippen LogP contribution in [0.2, 0.25) is 0 Å². The van der Waals surface area contributed by atoms with Crippen molar-refractivity contribution < 1.29 is 0 Å². The molecule has 1 rings (SSSR count). The summed E-state index contributed by atoms with van der Waals surface area (Å²) in [4.78, 5) is 0. The zero-order valence-electron chi connectivity index (χ0n) is 6.63. The van der Waals surface area contributed by atoms with Gasteiger partial charge in [-0.1, -0.05) is 43.2 Å². The first-order valence-corrected chi connectivity index (χ1v) is 11.4. The van der Waals surface area contributed by atoms with Crippen molar-refractivity contribution in [3.05, 3.63) is 0 Å². The van der Waals surface area contributed by atoms with Gasteiger partial charge < -0.3 is 0 Å². The van der Waals surface area contributed by atoms with Crippen LogP contribution >= 0.6 is 43.2 Å². The van der Waals surface area contributed by atoms with Gasteiger partial charge in [0, 0.05) is 47.6 Å². The van der Waals surface area contributed by atoms with Crippen LogP contribution in [-0.2, 0) is 0 Å². The zero-order valence-corrected chi connectivity index (χ0v) is 17.9. The highest BCUT2D eigenvalue weighted by Crippen LogP contribution is 2.60. The van der Waals surface area contributed by atoms with E-state index < -0.39 is 0 Å². The monoisotopic (exact) mass is 276 g/mol. The van der Waals surface area contributed by atoms with Crippen molar-refractivity contribution in [2.45, 2.75) is 6.65 Å². The minimum atomic E-state index is 0.716. The van der Waals surface area contributed by atoms with Crippen LogP contribution in [0.15, 0.2) is 0 Å². The fourth-order valence-corrected chi connectivity index (χ4v) is 13.1. The van der Waals surface area contributed by atoms with Gasteiger partial charge in [-0.2, -0.15) is 0 Å². The standard InChI is InChI=1S/C2H12S4Si4/c7-1(8)3-5-2(9,10)6-4-1/h7-10H3. The molecular weight excluding hydrogens is 265 g/mol. The van der Waals surface area contributed by atoms with Crippen molar-refractivity contribution >= 4 is 84.1 Å². The van der Waals surface area contributed by atoms with Gasteiger partial charge >= 0.3 is 0 Å². The van der Waals surface area contributed by atoms with Crippen molar-refractivity contribution in [3.8, 4) is 0 Å². The molecule has 10 heavy (non-hydrogen) atoms. The summed E-state index contributed by atoms with van der Waals surface area (Å²) in [7, 11) is 14.2. The highest BCUT2D eigenvalue weighted by molar-refractivity contribution is 8.95. The van der Waals surface area contributed by atoms with Crippen LogP contribution in [0, 0.1) is 0 Å². The summed E-state index contributed by atoms with van der Waals surface area (Å²) >= 11 is 0. The third-order valence-corrected chi connectivity index (χ3v) is 22.4. The molecule has 0 bridgehead atoms. The Morgan fingerprint density at radius 2 is 0.800 bits per heavy atom. The molecule has 1 fully saturated rings. The third-order valence-electron chi connectivity index (χ3n) is 0.886. The quantitative estimate of drug-likeness (QED) is 0.353. The van der Waals surface area contributed by atoms with E-state index in [1.807, 2.05) is 0 Å². The molecule has 0 N–H and O–H groups in total. The van der Waals surface area contributed by atoms with Gasteiger partial charge in [0.25, 0.3) is 0 Å². The fourth-order valence-electron chi connectivity index (χ4n) is 0.429. The average molecular weight is 277 g/mol. The van der Waals surface area contributed by atoms with Crippen LogP contribution in [-0.4, -0.2) is 47.6 Å². The predicted molar refractivity (Wildman–Crippen MR) is 75.6 cm³/mol. The van der Waals surface area contributed by atoms with Gasteiger partial charge in [0.1, 0.15) is 0 Å². The van der Waals surface area contributed by atoms with Crippen molar-refractivity contribution in [3.63, 3.8) is 0 Å². The van der Waals surface area contributed by atoms with E-state index in [0.29, 0.717) is 6.65 Å². The van der Waals surface area contributed by atoms with Crippen molar-refractivity contribution in [1.29, 1.82) is 0 Å². The van der Waals surface area contributed by atoms with Gasteiger partial charge in [0.15, 0.2) is 0 Å². The molecular formula is C2H12S4Si4. The Bertz CT molecular complexity index is 107. The van der Waals surface area contributed by atoms with Crippen molar-refractivity contribution in [2.75, 3.05) is 0 Å². The molecule has 0 nitrogen and oxygen atoms in total. The Morgan fingerprint density at radius 1 is 0.600 bits per heavy atom. The second-order valence-electron chi connectivity index (χ2n) is 3.13. The fraction of sp³-hybridized carbons (Fsp3) is 1.00. The lowest BCUT2D eigenvalue weighted by molar-refractivity contribution is 1.81. The van der Waals surface area contributed by atoms with E-state index in [0.717, 1.165) is 0 Å². The molecule has 0 radical (unpaired) electrons. The normalized spacial score (nSPS) is 50.4. The summed E-state index contributed by atoms with van der Waals surface area (Å²) in [5, 5.41) is 0. The lowest BCUT2D eigenvalue weighted by Crippen LogP contribution is -2.29. The molecule has 0 atom stereocenters. The van der Waals surface area contributed by atoms with Crippen LogP contribution in [0.1, 0.15) is 0 Å². The second kappa shape index (κ2) is 3.56. The molecule has 60 valence electrons. The highest BCUT2D eigenvalue weighted by Gasteiger charge is 2.34. The van der Waals surface area contributed by atoms with E-state index in [1.54, 1.807) is 0 Å². The number of hydrogen-bond acceptors (Lipinski definition) is 4. The Labute approximate surface area is 90.1 Å². The van der Waals surface area contributed by atoms with E-state index in [1.165, 1.54) is 41.0 Å². The van der Waals surface area contributed by atoms with Crippen LogP contribution in [0.3, 0.4) is 0 Å². The zero-order chi connectivity index (χ0) is 7.83. The molecule has 8 heteroatoms. The molecule has 1 saturated heterocycles. The first kappa shape index (κ1) is 10.3. The van der Waals surface area contributed by atoms with Gasteiger partial charge in [-0.05, 0) is 0 Å². The van der Waals surface area contributed by atoms with E-state index in [-0.39, 0.29) is 0 Å². The third kappa shape index (κ3) is 3.33. The molecule has 0 aromatic carbocycles. The SMILES string of the molecule is [SiH3]C1([SiH3])SSC([SiH3])([SiH3])SS1. The maximum atomic E-state index is 2.18. The van der Waals surface area contributed by atoms with Crippen molar-refractivity contribution in [2.24, 2.45) is 0 Å². The van der Waals surface area contributed by atoms with Crippen LogP contribution in [0.5, 0.6) is 0 Å². The number of rotatable bonds is 0. The Hall–Kier alpha value is 2.27. The Morgan fingerprint density at radius 3 is 1.00 bits per heavy atom. The molecule has 0 aliphatic carbocycles. The lowest BCUT2D eigenvalue weighted by atomic mass is 11.8. The lowest BCUT2D eigenvalue weighted by Gasteiger charge is -2.36. The largest absolute Gasteiger partial charge is 0.0836 e. The maximum absolute atomic E-state index is 2.18. The summed E-state index contributed by atoms with van der Waals surface area (Å²) in [6, 6.07) is 0. The number of hydrogen-bond donors (Lipinski definition) is 0. The van der Waals surface area contributed by atoms with Crippen LogP contribution in [0.25, 0.3) is 0 Å². The van der Waals surface area contributed by atoms with E-state index in [4.69, 9.17) is 0 Å². The van der Waals surface area contributed by atoms with E-state index in [9.17, 15) is 0 Å². The van der Waals surface area contributed by atoms with Gasteiger partial charge in [-0.3, -0.25) is 0 Å². The van der Waals surface area contributed by atoms with Crippen LogP contribution < -0.4 is 0 Å². The minimum Gasteiger partial charge on any atom is -0.0836 e. The first-order valence-electron chi connectivity index (χ1n) is 3.15. The molecule has 0 aromatic rings. The van der Waals surface area contributed by atoms with E-state index >= 15 is 0 Å². The molecule has 1 aliphatic rings. The molecule has 0 saturated carbocycles. The molecule has 0 aromatic heterocycles. The smallest absolute Gasteiger partial charge is 0.0461 e. The first-order chi connectivity index (χ1) is 4.41. The molecule has 0 amide bonds. The Balaban J connectivity index is 2.46. The van der Waals surface area contributed by atoms with Gasteiger partial charge in [0.2, 0.25) is 0 Å². The molecule has 0 unspecified atom stereocenters. The molecule has 1 aliphatic heterocycles. The summed E-state index contributed by atoms with van der Waals surface area (Å²) in [6.07, 6.45) is 0. The van der Waals surface area contributed by atoms with Gasteiger partial charge in [0.05, 0.1) is 0 Å². The second-order valence-corrected chi connectivity index (χ2v) is 28.2. The topological polar surface area (TPSA) is 0 Å². The van der Waals surface area contributed by atoms with E-state index in [2.05, 4.69) is 43.2 Å². The summed E-state index contributed by atoms with van der Waals surface area (Å²) in [6.45, 7) is 0. The van der Waals surface area contributed by atoms with Crippen molar-refractivity contribution in [1.82, 2.24) is 0 Å². The average Bonchev–Trinajstić information content (AvgIpc) is 1.79. The summed E-state index contributed by atoms with van der Waals surface area (Å²) in [5.41, 5.74) is 0. The highest BCUT2D eigenvalue weighted by atomic mass is 33.2. The summed E-state index contributed by atoms with van der Waals surface area (Å²) in [5.74, 6) is 0. The maximum Gasteiger partial charge on any atom is 0.0461 e. The van der Waals surface area contributed by atoms with Gasteiger partial charge in [-0.15, -0.1) is 0 Å². The summed E-state index contributed by atoms with van der Waals surface area (Å²) < 4.78 is 1.43. The predicted octanol–water partition coefficient (Wildman–Crippen LogP) is -2.55. The molecule has 1 heterocycles. The molecule has 0 spiro atoms. The van der Waals surface area contributed by atoms with Crippen LogP contribution in [0.4, 0.5) is 0 Å². The van der Waals surface area contributed by atoms with Gasteiger partial charge in [-0.25, -0.2) is 0 Å².